The van der Waals surface area contributed by atoms with Crippen LogP contribution in [0.5, 0.6) is 0 Å². The molecule has 0 aliphatic rings. The highest BCUT2D eigenvalue weighted by molar-refractivity contribution is 8.00. The lowest BCUT2D eigenvalue weighted by molar-refractivity contribution is -0.115. The Labute approximate surface area is 157 Å². The van der Waals surface area contributed by atoms with Crippen LogP contribution in [0.1, 0.15) is 6.92 Å². The Morgan fingerprint density at radius 3 is 2.65 bits per heavy atom. The molecule has 0 saturated carbocycles. The van der Waals surface area contributed by atoms with Crippen molar-refractivity contribution in [3.8, 4) is 11.4 Å². The van der Waals surface area contributed by atoms with Crippen molar-refractivity contribution in [3.63, 3.8) is 0 Å². The summed E-state index contributed by atoms with van der Waals surface area (Å²) >= 11 is 6.91. The van der Waals surface area contributed by atoms with Gasteiger partial charge in [0.05, 0.1) is 10.3 Å². The second-order valence-corrected chi connectivity index (χ2v) is 7.04. The molecule has 0 spiro atoms. The molecule has 2 aromatic heterocycles. The van der Waals surface area contributed by atoms with Crippen molar-refractivity contribution in [1.29, 1.82) is 0 Å². The number of rotatable bonds is 5. The molecule has 3 rings (SSSR count). The Hall–Kier alpha value is -2.65. The van der Waals surface area contributed by atoms with Gasteiger partial charge in [-0.3, -0.25) is 4.79 Å². The molecule has 3 aromatic rings. The molecule has 0 fully saturated rings. The second kappa shape index (κ2) is 7.71. The largest absolute Gasteiger partial charge is 0.335 e. The monoisotopic (exact) mass is 392 g/mol. The Morgan fingerprint density at radius 1 is 1.27 bits per heavy atom. The molecular formula is C16H14ClFN6OS. The number of anilines is 1. The SMILES string of the molecule is CC(Sc1nnc(-c2ccc(F)cc2)n1N)C(=O)Nc1ccc(Cl)cn1. The number of nitrogens with one attached hydrogen (secondary N) is 1. The van der Waals surface area contributed by atoms with E-state index in [-0.39, 0.29) is 11.7 Å². The van der Waals surface area contributed by atoms with Gasteiger partial charge < -0.3 is 11.2 Å². The van der Waals surface area contributed by atoms with E-state index in [2.05, 4.69) is 20.5 Å². The lowest BCUT2D eigenvalue weighted by Crippen LogP contribution is -2.24. The van der Waals surface area contributed by atoms with Crippen molar-refractivity contribution in [3.05, 3.63) is 53.4 Å². The number of thioether (sulfide) groups is 1. The van der Waals surface area contributed by atoms with Gasteiger partial charge in [-0.15, -0.1) is 10.2 Å². The minimum absolute atomic E-state index is 0.267. The molecule has 0 aliphatic carbocycles. The number of pyridine rings is 1. The van der Waals surface area contributed by atoms with Crippen LogP contribution in [0.15, 0.2) is 47.8 Å². The summed E-state index contributed by atoms with van der Waals surface area (Å²) in [6, 6.07) is 8.97. The van der Waals surface area contributed by atoms with Gasteiger partial charge in [0.15, 0.2) is 5.82 Å². The standard InChI is InChI=1S/C16H14ClFN6OS/c1-9(15(25)21-13-7-4-11(17)8-20-13)26-16-23-22-14(24(16)19)10-2-5-12(18)6-3-10/h2-9H,19H2,1H3,(H,20,21,25). The third-order valence-electron chi connectivity index (χ3n) is 3.40. The number of hydrogen-bond acceptors (Lipinski definition) is 6. The predicted molar refractivity (Wildman–Crippen MR) is 98.8 cm³/mol. The molecule has 134 valence electrons. The van der Waals surface area contributed by atoms with E-state index in [0.29, 0.717) is 27.4 Å². The van der Waals surface area contributed by atoms with E-state index in [0.717, 1.165) is 11.8 Å². The van der Waals surface area contributed by atoms with Crippen LogP contribution >= 0.6 is 23.4 Å². The highest BCUT2D eigenvalue weighted by Crippen LogP contribution is 2.25. The molecule has 0 saturated heterocycles. The topological polar surface area (TPSA) is 98.7 Å². The maximum atomic E-state index is 13.0. The minimum Gasteiger partial charge on any atom is -0.335 e. The van der Waals surface area contributed by atoms with E-state index in [1.807, 2.05) is 0 Å². The molecule has 10 heteroatoms. The number of nitrogens with two attached hydrogens (primary N) is 1. The van der Waals surface area contributed by atoms with Gasteiger partial charge in [-0.25, -0.2) is 14.1 Å². The summed E-state index contributed by atoms with van der Waals surface area (Å²) in [5.74, 6) is 6.16. The van der Waals surface area contributed by atoms with Crippen molar-refractivity contribution in [1.82, 2.24) is 19.9 Å². The van der Waals surface area contributed by atoms with Gasteiger partial charge in [0.2, 0.25) is 11.1 Å². The zero-order valence-electron chi connectivity index (χ0n) is 13.6. The van der Waals surface area contributed by atoms with E-state index in [9.17, 15) is 9.18 Å². The van der Waals surface area contributed by atoms with Gasteiger partial charge in [0, 0.05) is 11.8 Å². The summed E-state index contributed by atoms with van der Waals surface area (Å²) in [6.07, 6.45) is 1.44. The summed E-state index contributed by atoms with van der Waals surface area (Å²) in [5.41, 5.74) is 0.621. The maximum absolute atomic E-state index is 13.0. The van der Waals surface area contributed by atoms with Gasteiger partial charge in [-0.1, -0.05) is 23.4 Å². The molecule has 1 atom stereocenters. The Balaban J connectivity index is 1.69. The summed E-state index contributed by atoms with van der Waals surface area (Å²) in [6.45, 7) is 1.71. The molecule has 1 aromatic carbocycles. The van der Waals surface area contributed by atoms with Crippen molar-refractivity contribution < 1.29 is 9.18 Å². The van der Waals surface area contributed by atoms with Crippen molar-refractivity contribution in [2.24, 2.45) is 0 Å². The molecule has 26 heavy (non-hydrogen) atoms. The molecule has 1 unspecified atom stereocenters. The predicted octanol–water partition coefficient (Wildman–Crippen LogP) is 2.97. The zero-order valence-corrected chi connectivity index (χ0v) is 15.1. The van der Waals surface area contributed by atoms with Gasteiger partial charge in [0.1, 0.15) is 11.6 Å². The Morgan fingerprint density at radius 2 is 2.00 bits per heavy atom. The fourth-order valence-electron chi connectivity index (χ4n) is 2.04. The third-order valence-corrected chi connectivity index (χ3v) is 4.68. The zero-order chi connectivity index (χ0) is 18.7. The third kappa shape index (κ3) is 4.12. The van der Waals surface area contributed by atoms with E-state index < -0.39 is 5.25 Å². The van der Waals surface area contributed by atoms with Gasteiger partial charge in [0.25, 0.3) is 0 Å². The molecule has 2 heterocycles. The van der Waals surface area contributed by atoms with E-state index in [4.69, 9.17) is 17.4 Å². The summed E-state index contributed by atoms with van der Waals surface area (Å²) < 4.78 is 14.3. The molecule has 3 N–H and O–H groups in total. The molecule has 0 radical (unpaired) electrons. The highest BCUT2D eigenvalue weighted by Gasteiger charge is 2.20. The molecule has 0 aliphatic heterocycles. The van der Waals surface area contributed by atoms with Crippen LogP contribution in [0.2, 0.25) is 5.02 Å². The van der Waals surface area contributed by atoms with Crippen molar-refractivity contribution in [2.45, 2.75) is 17.3 Å². The Kier molecular flexibility index (Phi) is 5.38. The fourth-order valence-corrected chi connectivity index (χ4v) is 2.92. The summed E-state index contributed by atoms with van der Waals surface area (Å²) in [7, 11) is 0. The van der Waals surface area contributed by atoms with E-state index in [1.54, 1.807) is 31.2 Å². The first-order valence-corrected chi connectivity index (χ1v) is 8.75. The second-order valence-electron chi connectivity index (χ2n) is 5.29. The number of nitrogen functional groups attached to an aromatic ring is 1. The summed E-state index contributed by atoms with van der Waals surface area (Å²) in [4.78, 5) is 16.3. The van der Waals surface area contributed by atoms with E-state index >= 15 is 0 Å². The normalized spacial score (nSPS) is 12.0. The quantitative estimate of drug-likeness (QED) is 0.511. The average molecular weight is 393 g/mol. The number of halogens is 2. The Bertz CT molecular complexity index is 915. The number of aromatic nitrogens is 4. The lowest BCUT2D eigenvalue weighted by Gasteiger charge is -2.11. The van der Waals surface area contributed by atoms with Crippen molar-refractivity contribution in [2.75, 3.05) is 11.2 Å². The molecule has 7 nitrogen and oxygen atoms in total. The van der Waals surface area contributed by atoms with E-state index in [1.165, 1.54) is 23.0 Å². The number of amides is 1. The van der Waals surface area contributed by atoms with Crippen LogP contribution in [-0.2, 0) is 4.79 Å². The van der Waals surface area contributed by atoms with Crippen LogP contribution < -0.4 is 11.2 Å². The maximum Gasteiger partial charge on any atom is 0.238 e. The van der Waals surface area contributed by atoms with Crippen molar-refractivity contribution >= 4 is 35.1 Å². The fraction of sp³-hybridized carbons (Fsp3) is 0.125. The van der Waals surface area contributed by atoms with Crippen LogP contribution in [0.3, 0.4) is 0 Å². The first kappa shape index (κ1) is 18.2. The number of nitrogens with zero attached hydrogens (tertiary/aromatic N) is 4. The van der Waals surface area contributed by atoms with Gasteiger partial charge in [-0.2, -0.15) is 0 Å². The average Bonchev–Trinajstić information content (AvgIpc) is 2.98. The number of benzene rings is 1. The molecular weight excluding hydrogens is 379 g/mol. The lowest BCUT2D eigenvalue weighted by atomic mass is 10.2. The van der Waals surface area contributed by atoms with Crippen LogP contribution in [-0.4, -0.2) is 31.0 Å². The van der Waals surface area contributed by atoms with Gasteiger partial charge >= 0.3 is 0 Å². The first-order valence-electron chi connectivity index (χ1n) is 7.49. The van der Waals surface area contributed by atoms with Crippen LogP contribution in [0.4, 0.5) is 10.2 Å². The summed E-state index contributed by atoms with van der Waals surface area (Å²) in [5, 5.41) is 11.0. The van der Waals surface area contributed by atoms with Gasteiger partial charge in [-0.05, 0) is 43.3 Å². The highest BCUT2D eigenvalue weighted by atomic mass is 35.5. The molecule has 0 bridgehead atoms. The van der Waals surface area contributed by atoms with Crippen LogP contribution in [0, 0.1) is 5.82 Å². The number of carbonyl (C=O) groups is 1. The number of hydrogen-bond donors (Lipinski definition) is 2. The number of carbonyl (C=O) groups excluding carboxylic acids is 1. The minimum atomic E-state index is -0.500. The van der Waals surface area contributed by atoms with Crippen LogP contribution in [0.25, 0.3) is 11.4 Å². The smallest absolute Gasteiger partial charge is 0.238 e. The molecule has 1 amide bonds. The first-order chi connectivity index (χ1) is 12.4.